The average Bonchev–Trinajstić information content (AvgIpc) is 2.47. The van der Waals surface area contributed by atoms with Crippen molar-refractivity contribution >= 4 is 29.7 Å². The molecule has 0 aromatic heterocycles. The van der Waals surface area contributed by atoms with Crippen LogP contribution in [-0.2, 0) is 4.79 Å². The number of rotatable bonds is 8. The summed E-state index contributed by atoms with van der Waals surface area (Å²) < 4.78 is 0. The lowest BCUT2D eigenvalue weighted by Crippen LogP contribution is -2.40. The zero-order valence-corrected chi connectivity index (χ0v) is 14.6. The highest BCUT2D eigenvalue weighted by atomic mass is 35.5. The SMILES string of the molecule is CN(CC(C)(C)CN)C(=O)CCNc1ccccc1[N+](=O)[O-].Cl. The number of nitrogens with one attached hydrogen (secondary N) is 1. The largest absolute Gasteiger partial charge is 0.379 e. The summed E-state index contributed by atoms with van der Waals surface area (Å²) in [5, 5.41) is 13.8. The fraction of sp³-hybridized carbons (Fsp3) is 0.533. The Kier molecular flexibility index (Phi) is 8.56. The number of nitro benzene ring substituents is 1. The Labute approximate surface area is 142 Å². The Morgan fingerprint density at radius 1 is 1.39 bits per heavy atom. The van der Waals surface area contributed by atoms with Crippen molar-refractivity contribution in [2.24, 2.45) is 11.1 Å². The van der Waals surface area contributed by atoms with Gasteiger partial charge in [0.25, 0.3) is 5.69 Å². The highest BCUT2D eigenvalue weighted by Gasteiger charge is 2.21. The molecule has 23 heavy (non-hydrogen) atoms. The molecule has 0 atom stereocenters. The van der Waals surface area contributed by atoms with Crippen LogP contribution in [0.1, 0.15) is 20.3 Å². The van der Waals surface area contributed by atoms with Crippen molar-refractivity contribution in [3.8, 4) is 0 Å². The Balaban J connectivity index is 0.00000484. The van der Waals surface area contributed by atoms with Crippen molar-refractivity contribution in [3.63, 3.8) is 0 Å². The molecule has 130 valence electrons. The second kappa shape index (κ2) is 9.32. The van der Waals surface area contributed by atoms with Gasteiger partial charge in [-0.05, 0) is 18.0 Å². The summed E-state index contributed by atoms with van der Waals surface area (Å²) in [4.78, 5) is 24.2. The minimum Gasteiger partial charge on any atom is -0.379 e. The lowest BCUT2D eigenvalue weighted by atomic mass is 9.93. The maximum atomic E-state index is 12.1. The predicted octanol–water partition coefficient (Wildman–Crippen LogP) is 2.26. The van der Waals surface area contributed by atoms with Crippen molar-refractivity contribution in [1.29, 1.82) is 0 Å². The number of carbonyl (C=O) groups is 1. The molecule has 1 rings (SSSR count). The van der Waals surface area contributed by atoms with E-state index in [0.717, 1.165) is 0 Å². The van der Waals surface area contributed by atoms with Gasteiger partial charge in [-0.2, -0.15) is 0 Å². The number of anilines is 1. The molecule has 0 saturated heterocycles. The molecule has 0 aliphatic carbocycles. The maximum Gasteiger partial charge on any atom is 0.292 e. The third-order valence-electron chi connectivity index (χ3n) is 3.40. The second-order valence-corrected chi connectivity index (χ2v) is 6.07. The first-order valence-electron chi connectivity index (χ1n) is 7.18. The van der Waals surface area contributed by atoms with Crippen molar-refractivity contribution in [2.75, 3.05) is 32.0 Å². The van der Waals surface area contributed by atoms with Crippen LogP contribution in [0.15, 0.2) is 24.3 Å². The minimum absolute atomic E-state index is 0. The number of benzene rings is 1. The first kappa shape index (κ1) is 21.1. The highest BCUT2D eigenvalue weighted by molar-refractivity contribution is 5.85. The molecule has 7 nitrogen and oxygen atoms in total. The van der Waals surface area contributed by atoms with E-state index >= 15 is 0 Å². The molecule has 0 unspecified atom stereocenters. The summed E-state index contributed by atoms with van der Waals surface area (Å²) in [6.07, 6.45) is 0.267. The van der Waals surface area contributed by atoms with Crippen LogP contribution in [0.25, 0.3) is 0 Å². The fourth-order valence-electron chi connectivity index (χ4n) is 2.07. The van der Waals surface area contributed by atoms with Crippen LogP contribution in [0.4, 0.5) is 11.4 Å². The number of halogens is 1. The number of hydrogen-bond donors (Lipinski definition) is 2. The van der Waals surface area contributed by atoms with E-state index in [1.54, 1.807) is 30.1 Å². The smallest absolute Gasteiger partial charge is 0.292 e. The number of nitrogens with two attached hydrogens (primary N) is 1. The Hall–Kier alpha value is -1.86. The van der Waals surface area contributed by atoms with Crippen LogP contribution in [0, 0.1) is 15.5 Å². The second-order valence-electron chi connectivity index (χ2n) is 6.07. The van der Waals surface area contributed by atoms with Gasteiger partial charge in [-0.3, -0.25) is 14.9 Å². The number of carbonyl (C=O) groups excluding carboxylic acids is 1. The van der Waals surface area contributed by atoms with Crippen LogP contribution in [0.2, 0.25) is 0 Å². The number of para-hydroxylation sites is 2. The third kappa shape index (κ3) is 6.83. The van der Waals surface area contributed by atoms with Crippen LogP contribution in [0.3, 0.4) is 0 Å². The van der Waals surface area contributed by atoms with Gasteiger partial charge in [0.15, 0.2) is 0 Å². The molecule has 0 heterocycles. The number of nitrogens with zero attached hydrogens (tertiary/aromatic N) is 2. The third-order valence-corrected chi connectivity index (χ3v) is 3.40. The highest BCUT2D eigenvalue weighted by Crippen LogP contribution is 2.23. The van der Waals surface area contributed by atoms with Crippen molar-refractivity contribution in [3.05, 3.63) is 34.4 Å². The van der Waals surface area contributed by atoms with E-state index in [-0.39, 0.29) is 35.8 Å². The molecule has 8 heteroatoms. The zero-order chi connectivity index (χ0) is 16.8. The molecule has 0 fully saturated rings. The molecule has 1 amide bonds. The first-order chi connectivity index (χ1) is 10.3. The summed E-state index contributed by atoms with van der Waals surface area (Å²) in [5.41, 5.74) is 5.96. The van der Waals surface area contributed by atoms with Gasteiger partial charge in [0.05, 0.1) is 4.92 Å². The van der Waals surface area contributed by atoms with E-state index in [9.17, 15) is 14.9 Å². The quantitative estimate of drug-likeness (QED) is 0.556. The van der Waals surface area contributed by atoms with E-state index in [1.807, 2.05) is 13.8 Å². The summed E-state index contributed by atoms with van der Waals surface area (Å²) >= 11 is 0. The molecular formula is C15H25ClN4O3. The Bertz CT molecular complexity index is 537. The molecule has 0 radical (unpaired) electrons. The van der Waals surface area contributed by atoms with Gasteiger partial charge < -0.3 is 16.0 Å². The number of hydrogen-bond acceptors (Lipinski definition) is 5. The fourth-order valence-corrected chi connectivity index (χ4v) is 2.07. The molecule has 0 spiro atoms. The lowest BCUT2D eigenvalue weighted by Gasteiger charge is -2.29. The van der Waals surface area contributed by atoms with Crippen LogP contribution >= 0.6 is 12.4 Å². The molecule has 0 bridgehead atoms. The van der Waals surface area contributed by atoms with Crippen LogP contribution in [-0.4, -0.2) is 42.4 Å². The van der Waals surface area contributed by atoms with Gasteiger partial charge in [0.1, 0.15) is 5.69 Å². The number of nitro groups is 1. The summed E-state index contributed by atoms with van der Waals surface area (Å²) in [6.45, 7) is 5.43. The topological polar surface area (TPSA) is 102 Å². The summed E-state index contributed by atoms with van der Waals surface area (Å²) in [5.74, 6) is -0.0207. The molecule has 1 aromatic carbocycles. The lowest BCUT2D eigenvalue weighted by molar-refractivity contribution is -0.384. The average molecular weight is 345 g/mol. The van der Waals surface area contributed by atoms with Crippen LogP contribution < -0.4 is 11.1 Å². The molecule has 3 N–H and O–H groups in total. The van der Waals surface area contributed by atoms with Crippen molar-refractivity contribution < 1.29 is 9.72 Å². The van der Waals surface area contributed by atoms with Gasteiger partial charge in [0, 0.05) is 32.6 Å². The van der Waals surface area contributed by atoms with Gasteiger partial charge >= 0.3 is 0 Å². The van der Waals surface area contributed by atoms with E-state index < -0.39 is 4.92 Å². The Morgan fingerprint density at radius 2 is 2.00 bits per heavy atom. The monoisotopic (exact) mass is 344 g/mol. The van der Waals surface area contributed by atoms with E-state index in [4.69, 9.17) is 5.73 Å². The van der Waals surface area contributed by atoms with Crippen molar-refractivity contribution in [2.45, 2.75) is 20.3 Å². The van der Waals surface area contributed by atoms with E-state index in [2.05, 4.69) is 5.32 Å². The molecule has 1 aromatic rings. The summed E-state index contributed by atoms with van der Waals surface area (Å²) in [6, 6.07) is 6.38. The van der Waals surface area contributed by atoms with Gasteiger partial charge in [0.2, 0.25) is 5.91 Å². The standard InChI is InChI=1S/C15H24N4O3.ClH/c1-15(2,10-16)11-18(3)14(20)8-9-17-12-6-4-5-7-13(12)19(21)22;/h4-7,17H,8-11,16H2,1-3H3;1H. The maximum absolute atomic E-state index is 12.1. The minimum atomic E-state index is -0.444. The first-order valence-corrected chi connectivity index (χ1v) is 7.18. The van der Waals surface area contributed by atoms with E-state index in [1.165, 1.54) is 6.07 Å². The van der Waals surface area contributed by atoms with E-state index in [0.29, 0.717) is 25.3 Å². The normalized spacial score (nSPS) is 10.6. The van der Waals surface area contributed by atoms with Gasteiger partial charge in [-0.15, -0.1) is 12.4 Å². The van der Waals surface area contributed by atoms with Crippen molar-refractivity contribution in [1.82, 2.24) is 4.90 Å². The Morgan fingerprint density at radius 3 is 2.57 bits per heavy atom. The molecule has 0 aliphatic heterocycles. The molecule has 0 saturated carbocycles. The molecular weight excluding hydrogens is 320 g/mol. The molecule has 0 aliphatic rings. The van der Waals surface area contributed by atoms with Crippen LogP contribution in [0.5, 0.6) is 0 Å². The van der Waals surface area contributed by atoms with Gasteiger partial charge in [-0.25, -0.2) is 0 Å². The summed E-state index contributed by atoms with van der Waals surface area (Å²) in [7, 11) is 1.74. The number of amides is 1. The van der Waals surface area contributed by atoms with Gasteiger partial charge in [-0.1, -0.05) is 26.0 Å². The zero-order valence-electron chi connectivity index (χ0n) is 13.7. The predicted molar refractivity (Wildman–Crippen MR) is 93.9 cm³/mol.